The van der Waals surface area contributed by atoms with E-state index in [0.717, 1.165) is 0 Å². The van der Waals surface area contributed by atoms with Gasteiger partial charge in [0.05, 0.1) is 0 Å². The van der Waals surface area contributed by atoms with Crippen molar-refractivity contribution in [1.29, 1.82) is 0 Å². The predicted octanol–water partition coefficient (Wildman–Crippen LogP) is 4.13. The first-order chi connectivity index (χ1) is 9.43. The molecular weight excluding hydrogens is 319 g/mol. The maximum Gasteiger partial charge on any atom is 2.00 e. The van der Waals surface area contributed by atoms with Gasteiger partial charge in [-0.1, -0.05) is 36.4 Å². The molecule has 0 amide bonds. The van der Waals surface area contributed by atoms with Crippen molar-refractivity contribution in [2.45, 2.75) is 0 Å². The average Bonchev–Trinajstić information content (AvgIpc) is 2.40. The molecule has 0 aliphatic rings. The van der Waals surface area contributed by atoms with Gasteiger partial charge in [-0.2, -0.15) is 0 Å². The van der Waals surface area contributed by atoms with Crippen molar-refractivity contribution in [2.24, 2.45) is 0 Å². The van der Waals surface area contributed by atoms with Gasteiger partial charge in [-0.3, -0.25) is 0 Å². The molecule has 0 heterocycles. The van der Waals surface area contributed by atoms with Crippen molar-refractivity contribution < 1.29 is 36.6 Å². The first-order valence-electron chi connectivity index (χ1n) is 5.51. The quantitative estimate of drug-likeness (QED) is 0.858. The number of benzene rings is 2. The summed E-state index contributed by atoms with van der Waals surface area (Å²) >= 11 is 0. The van der Waals surface area contributed by atoms with Crippen molar-refractivity contribution >= 4 is 23.3 Å². The smallest absolute Gasteiger partial charge is 0.698 e. The van der Waals surface area contributed by atoms with Gasteiger partial charge in [0.2, 0.25) is 0 Å². The first-order valence-corrected chi connectivity index (χ1v) is 5.51. The minimum absolute atomic E-state index is 0. The van der Waals surface area contributed by atoms with E-state index in [1.165, 1.54) is 24.3 Å². The van der Waals surface area contributed by atoms with Gasteiger partial charge >= 0.3 is 28.7 Å². The Hall–Kier alpha value is -2.51. The molecule has 0 spiro atoms. The fraction of sp³-hybridized carbons (Fsp3) is 0. The van der Waals surface area contributed by atoms with Gasteiger partial charge in [0, 0.05) is 11.1 Å². The molecule has 0 aliphatic carbocycles. The summed E-state index contributed by atoms with van der Waals surface area (Å²) in [6.45, 7) is 0. The second-order valence-corrected chi connectivity index (χ2v) is 3.70. The van der Waals surface area contributed by atoms with Crippen LogP contribution in [0.3, 0.4) is 0 Å². The Morgan fingerprint density at radius 3 is 1.19 bits per heavy atom. The zero-order valence-electron chi connectivity index (χ0n) is 10.7. The number of hydrogen-bond donors (Lipinski definition) is 2. The normalized spacial score (nSPS) is 8.76. The van der Waals surface area contributed by atoms with Gasteiger partial charge in [-0.15, -0.1) is 11.4 Å². The van der Waals surface area contributed by atoms with E-state index in [1.54, 1.807) is 24.3 Å². The summed E-state index contributed by atoms with van der Waals surface area (Å²) in [5.74, 6) is -2.10. The molecule has 0 aromatic heterocycles. The zero-order valence-corrected chi connectivity index (χ0v) is 11.7. The summed E-state index contributed by atoms with van der Waals surface area (Å²) in [4.78, 5) is 20.6. The Labute approximate surface area is 131 Å². The van der Waals surface area contributed by atoms with Crippen LogP contribution >= 0.6 is 0 Å². The van der Waals surface area contributed by atoms with Crippen LogP contribution in [-0.2, 0) is 16.8 Å². The maximum absolute atomic E-state index is 10.3. The fourth-order valence-electron chi connectivity index (χ4n) is 1.34. The average molecular weight is 331 g/mol. The molecule has 0 saturated carbocycles. The number of aromatic carboxylic acids is 2. The van der Waals surface area contributed by atoms with Crippen LogP contribution in [0.4, 0.5) is 11.4 Å². The third-order valence-electron chi connectivity index (χ3n) is 2.31. The van der Waals surface area contributed by atoms with Crippen LogP contribution in [0.25, 0.3) is 11.5 Å². The molecule has 7 heteroatoms. The van der Waals surface area contributed by atoms with E-state index in [2.05, 4.69) is 0 Å². The van der Waals surface area contributed by atoms with Crippen LogP contribution in [0.1, 0.15) is 20.7 Å². The minimum atomic E-state index is -1.05. The Kier molecular flexibility index (Phi) is 7.59. The molecule has 2 aromatic rings. The third-order valence-corrected chi connectivity index (χ3v) is 2.31. The topological polar surface area (TPSA) is 122 Å². The van der Waals surface area contributed by atoms with Crippen molar-refractivity contribution in [3.8, 4) is 0 Å². The van der Waals surface area contributed by atoms with Gasteiger partial charge in [0.25, 0.3) is 0 Å². The number of nitrogens with one attached hydrogen (secondary N) is 2. The summed E-state index contributed by atoms with van der Waals surface area (Å²) in [6.07, 6.45) is 0. The SMILES string of the molecule is [Co+2].[NH-]c1ccccc1C(=O)O.[NH-]c1ccccc1C(=O)O. The zero-order chi connectivity index (χ0) is 15.1. The maximum atomic E-state index is 10.3. The molecule has 2 rings (SSSR count). The van der Waals surface area contributed by atoms with Gasteiger partial charge in [-0.05, 0) is 12.1 Å². The summed E-state index contributed by atoms with van der Waals surface area (Å²) < 4.78 is 0. The predicted molar refractivity (Wildman–Crippen MR) is 74.8 cm³/mol. The molecule has 0 fully saturated rings. The van der Waals surface area contributed by atoms with Crippen molar-refractivity contribution in [1.82, 2.24) is 0 Å². The third kappa shape index (κ3) is 5.55. The number of carboxylic acid groups (broad SMARTS) is 2. The molecule has 0 saturated heterocycles. The van der Waals surface area contributed by atoms with Crippen LogP contribution in [-0.4, -0.2) is 22.2 Å². The summed E-state index contributed by atoms with van der Waals surface area (Å²) in [5.41, 5.74) is 14.4. The van der Waals surface area contributed by atoms with Crippen molar-refractivity contribution in [2.75, 3.05) is 0 Å². The fourth-order valence-corrected chi connectivity index (χ4v) is 1.34. The minimum Gasteiger partial charge on any atom is -0.698 e. The van der Waals surface area contributed by atoms with Crippen LogP contribution in [0, 0.1) is 0 Å². The second-order valence-electron chi connectivity index (χ2n) is 3.70. The molecule has 21 heavy (non-hydrogen) atoms. The number of hydrogen-bond acceptors (Lipinski definition) is 2. The van der Waals surface area contributed by atoms with E-state index in [1.807, 2.05) is 0 Å². The Balaban J connectivity index is 0.000000364. The standard InChI is InChI=1S/2C7H6NO2.Co/c2*8-6-4-2-1-3-5(6)7(9)10;/h2*1-4,8H,(H,9,10);/q2*-1;+2. The van der Waals surface area contributed by atoms with E-state index in [-0.39, 0.29) is 39.3 Å². The van der Waals surface area contributed by atoms with Crippen LogP contribution < -0.4 is 0 Å². The first kappa shape index (κ1) is 18.5. The molecule has 2 aromatic carbocycles. The monoisotopic (exact) mass is 331 g/mol. The summed E-state index contributed by atoms with van der Waals surface area (Å²) in [6, 6.07) is 12.2. The van der Waals surface area contributed by atoms with Gasteiger partial charge in [-0.25, -0.2) is 9.59 Å². The largest absolute Gasteiger partial charge is 2.00 e. The van der Waals surface area contributed by atoms with Crippen molar-refractivity contribution in [3.05, 3.63) is 71.1 Å². The molecule has 1 radical (unpaired) electrons. The number of carboxylic acids is 2. The summed E-state index contributed by atoms with van der Waals surface area (Å²) in [5, 5.41) is 16.9. The molecule has 6 nitrogen and oxygen atoms in total. The molecule has 0 bridgehead atoms. The van der Waals surface area contributed by atoms with Crippen LogP contribution in [0.5, 0.6) is 0 Å². The van der Waals surface area contributed by atoms with E-state index >= 15 is 0 Å². The second kappa shape index (κ2) is 8.62. The van der Waals surface area contributed by atoms with Gasteiger partial charge in [0.1, 0.15) is 0 Å². The van der Waals surface area contributed by atoms with Crippen LogP contribution in [0.15, 0.2) is 48.5 Å². The number of rotatable bonds is 2. The molecule has 0 atom stereocenters. The summed E-state index contributed by atoms with van der Waals surface area (Å²) in [7, 11) is 0. The Bertz CT molecular complexity index is 576. The molecule has 0 unspecified atom stereocenters. The molecule has 4 N–H and O–H groups in total. The van der Waals surface area contributed by atoms with Gasteiger partial charge in [0.15, 0.2) is 0 Å². The Morgan fingerprint density at radius 2 is 1.00 bits per heavy atom. The number of carbonyl (C=O) groups is 2. The van der Waals surface area contributed by atoms with E-state index in [4.69, 9.17) is 21.7 Å². The molecule has 0 aliphatic heterocycles. The van der Waals surface area contributed by atoms with E-state index < -0.39 is 11.9 Å². The van der Waals surface area contributed by atoms with Gasteiger partial charge < -0.3 is 21.7 Å². The Morgan fingerprint density at radius 1 is 0.714 bits per heavy atom. The van der Waals surface area contributed by atoms with E-state index in [9.17, 15) is 9.59 Å². The van der Waals surface area contributed by atoms with E-state index in [0.29, 0.717) is 0 Å². The molecule has 111 valence electrons. The molecular formula is C14H12CoN2O4. The van der Waals surface area contributed by atoms with Crippen molar-refractivity contribution in [3.63, 3.8) is 0 Å². The van der Waals surface area contributed by atoms with Crippen LogP contribution in [0.2, 0.25) is 0 Å².